The van der Waals surface area contributed by atoms with Crippen LogP contribution in [0.3, 0.4) is 0 Å². The fraction of sp³-hybridized carbons (Fsp3) is 0.600. The van der Waals surface area contributed by atoms with E-state index in [0.717, 1.165) is 22.5 Å². The Labute approximate surface area is 117 Å². The third kappa shape index (κ3) is 4.36. The predicted octanol–water partition coefficient (Wildman–Crippen LogP) is 4.65. The van der Waals surface area contributed by atoms with Crippen LogP contribution < -0.4 is 5.32 Å². The van der Waals surface area contributed by atoms with Gasteiger partial charge >= 0.3 is 0 Å². The molecular formula is C15H21BrFN. The van der Waals surface area contributed by atoms with Gasteiger partial charge in [0.1, 0.15) is 5.82 Å². The molecule has 0 heterocycles. The van der Waals surface area contributed by atoms with E-state index in [0.29, 0.717) is 6.54 Å². The Morgan fingerprint density at radius 1 is 1.17 bits per heavy atom. The van der Waals surface area contributed by atoms with Gasteiger partial charge in [0.15, 0.2) is 0 Å². The molecule has 0 aromatic heterocycles. The highest BCUT2D eigenvalue weighted by molar-refractivity contribution is 9.10. The monoisotopic (exact) mass is 313 g/mol. The molecule has 0 unspecified atom stereocenters. The molecule has 1 fully saturated rings. The first kappa shape index (κ1) is 14.0. The van der Waals surface area contributed by atoms with Crippen molar-refractivity contribution in [2.75, 3.05) is 6.54 Å². The highest BCUT2D eigenvalue weighted by Gasteiger charge is 2.12. The maximum Gasteiger partial charge on any atom is 0.127 e. The van der Waals surface area contributed by atoms with Gasteiger partial charge in [0.05, 0.1) is 0 Å². The SMILES string of the molecule is Fc1ccc(Br)cc1CNCC1CCCCCC1. The third-order valence-electron chi connectivity index (χ3n) is 3.73. The number of hydrogen-bond acceptors (Lipinski definition) is 1. The quantitative estimate of drug-likeness (QED) is 0.798. The summed E-state index contributed by atoms with van der Waals surface area (Å²) in [6, 6.07) is 5.12. The van der Waals surface area contributed by atoms with E-state index in [-0.39, 0.29) is 5.82 Å². The molecule has 1 aliphatic rings. The molecule has 1 N–H and O–H groups in total. The van der Waals surface area contributed by atoms with E-state index in [4.69, 9.17) is 0 Å². The number of hydrogen-bond donors (Lipinski definition) is 1. The molecule has 1 saturated carbocycles. The summed E-state index contributed by atoms with van der Waals surface area (Å²) < 4.78 is 14.5. The second kappa shape index (κ2) is 7.25. The molecule has 0 saturated heterocycles. The Hall–Kier alpha value is -0.410. The summed E-state index contributed by atoms with van der Waals surface area (Å²) in [7, 11) is 0. The molecule has 1 nitrogen and oxygen atoms in total. The van der Waals surface area contributed by atoms with Gasteiger partial charge in [-0.25, -0.2) is 4.39 Å². The second-order valence-electron chi connectivity index (χ2n) is 5.22. The fourth-order valence-electron chi connectivity index (χ4n) is 2.66. The molecule has 0 aliphatic heterocycles. The highest BCUT2D eigenvalue weighted by atomic mass is 79.9. The lowest BCUT2D eigenvalue weighted by Gasteiger charge is -2.15. The molecule has 1 aliphatic carbocycles. The minimum atomic E-state index is -0.119. The Bertz CT molecular complexity index is 373. The Morgan fingerprint density at radius 3 is 2.61 bits per heavy atom. The lowest BCUT2D eigenvalue weighted by atomic mass is 10.0. The Balaban J connectivity index is 1.78. The van der Waals surface area contributed by atoms with Gasteiger partial charge in [-0.1, -0.05) is 41.6 Å². The van der Waals surface area contributed by atoms with Gasteiger partial charge in [-0.05, 0) is 43.5 Å². The Morgan fingerprint density at radius 2 is 1.89 bits per heavy atom. The van der Waals surface area contributed by atoms with E-state index in [1.807, 2.05) is 6.07 Å². The maximum absolute atomic E-state index is 13.5. The first-order valence-corrected chi connectivity index (χ1v) is 7.69. The molecule has 1 aromatic carbocycles. The first-order valence-electron chi connectivity index (χ1n) is 6.90. The average Bonchev–Trinajstić information content (AvgIpc) is 2.62. The summed E-state index contributed by atoms with van der Waals surface area (Å²) in [5.74, 6) is 0.661. The van der Waals surface area contributed by atoms with Crippen LogP contribution in [0.25, 0.3) is 0 Å². The summed E-state index contributed by atoms with van der Waals surface area (Å²) in [6.45, 7) is 1.65. The van der Waals surface area contributed by atoms with Crippen LogP contribution in [0.4, 0.5) is 4.39 Å². The summed E-state index contributed by atoms with van der Waals surface area (Å²) in [5, 5.41) is 3.41. The molecule has 0 spiro atoms. The van der Waals surface area contributed by atoms with Gasteiger partial charge < -0.3 is 5.32 Å². The van der Waals surface area contributed by atoms with Crippen molar-refractivity contribution in [2.45, 2.75) is 45.1 Å². The molecular weight excluding hydrogens is 293 g/mol. The maximum atomic E-state index is 13.5. The largest absolute Gasteiger partial charge is 0.312 e. The van der Waals surface area contributed by atoms with Crippen molar-refractivity contribution in [3.63, 3.8) is 0 Å². The zero-order valence-electron chi connectivity index (χ0n) is 10.7. The number of rotatable bonds is 4. The lowest BCUT2D eigenvalue weighted by Crippen LogP contribution is -2.22. The normalized spacial score (nSPS) is 17.7. The topological polar surface area (TPSA) is 12.0 Å². The zero-order chi connectivity index (χ0) is 12.8. The van der Waals surface area contributed by atoms with E-state index < -0.39 is 0 Å². The van der Waals surface area contributed by atoms with Crippen LogP contribution in [0.15, 0.2) is 22.7 Å². The van der Waals surface area contributed by atoms with Gasteiger partial charge in [0.25, 0.3) is 0 Å². The molecule has 3 heteroatoms. The summed E-state index contributed by atoms with van der Waals surface area (Å²) in [6.07, 6.45) is 8.14. The van der Waals surface area contributed by atoms with Gasteiger partial charge in [-0.2, -0.15) is 0 Å². The van der Waals surface area contributed by atoms with Crippen LogP contribution in [0.1, 0.15) is 44.1 Å². The van der Waals surface area contributed by atoms with Crippen LogP contribution in [-0.2, 0) is 6.54 Å². The number of nitrogens with one attached hydrogen (secondary N) is 1. The average molecular weight is 314 g/mol. The van der Waals surface area contributed by atoms with Crippen molar-refractivity contribution in [3.8, 4) is 0 Å². The van der Waals surface area contributed by atoms with Crippen molar-refractivity contribution < 1.29 is 4.39 Å². The molecule has 0 atom stereocenters. The predicted molar refractivity (Wildman–Crippen MR) is 77.0 cm³/mol. The van der Waals surface area contributed by atoms with E-state index in [1.54, 1.807) is 6.07 Å². The van der Waals surface area contributed by atoms with Crippen molar-refractivity contribution in [1.82, 2.24) is 5.32 Å². The summed E-state index contributed by atoms with van der Waals surface area (Å²) in [5.41, 5.74) is 0.748. The molecule has 0 amide bonds. The van der Waals surface area contributed by atoms with E-state index in [9.17, 15) is 4.39 Å². The number of halogens is 2. The van der Waals surface area contributed by atoms with Crippen LogP contribution in [0.5, 0.6) is 0 Å². The van der Waals surface area contributed by atoms with E-state index in [2.05, 4.69) is 21.2 Å². The first-order chi connectivity index (χ1) is 8.75. The van der Waals surface area contributed by atoms with Gasteiger partial charge in [0.2, 0.25) is 0 Å². The van der Waals surface area contributed by atoms with Crippen LogP contribution >= 0.6 is 15.9 Å². The Kier molecular flexibility index (Phi) is 5.64. The van der Waals surface area contributed by atoms with Crippen molar-refractivity contribution in [1.29, 1.82) is 0 Å². The molecule has 100 valence electrons. The van der Waals surface area contributed by atoms with Crippen LogP contribution in [0.2, 0.25) is 0 Å². The molecule has 2 rings (SSSR count). The zero-order valence-corrected chi connectivity index (χ0v) is 12.3. The minimum absolute atomic E-state index is 0.119. The molecule has 0 bridgehead atoms. The molecule has 18 heavy (non-hydrogen) atoms. The van der Waals surface area contributed by atoms with Crippen LogP contribution in [-0.4, -0.2) is 6.54 Å². The van der Waals surface area contributed by atoms with Gasteiger partial charge in [0, 0.05) is 16.6 Å². The summed E-state index contributed by atoms with van der Waals surface area (Å²) >= 11 is 3.38. The van der Waals surface area contributed by atoms with Crippen molar-refractivity contribution >= 4 is 15.9 Å². The summed E-state index contributed by atoms with van der Waals surface area (Å²) in [4.78, 5) is 0. The van der Waals surface area contributed by atoms with Gasteiger partial charge in [-0.3, -0.25) is 0 Å². The van der Waals surface area contributed by atoms with Crippen molar-refractivity contribution in [3.05, 3.63) is 34.1 Å². The lowest BCUT2D eigenvalue weighted by molar-refractivity contribution is 0.422. The van der Waals surface area contributed by atoms with Crippen LogP contribution in [0, 0.1) is 11.7 Å². The molecule has 1 aromatic rings. The van der Waals surface area contributed by atoms with Crippen molar-refractivity contribution in [2.24, 2.45) is 5.92 Å². The standard InChI is InChI=1S/C15H21BrFN/c16-14-7-8-15(17)13(9-14)11-18-10-12-5-3-1-2-4-6-12/h7-9,12,18H,1-6,10-11H2. The number of benzene rings is 1. The highest BCUT2D eigenvalue weighted by Crippen LogP contribution is 2.22. The fourth-order valence-corrected chi connectivity index (χ4v) is 3.07. The smallest absolute Gasteiger partial charge is 0.127 e. The minimum Gasteiger partial charge on any atom is -0.312 e. The van der Waals surface area contributed by atoms with E-state index in [1.165, 1.54) is 44.6 Å². The van der Waals surface area contributed by atoms with E-state index >= 15 is 0 Å². The van der Waals surface area contributed by atoms with Gasteiger partial charge in [-0.15, -0.1) is 0 Å². The third-order valence-corrected chi connectivity index (χ3v) is 4.22. The molecule has 0 radical (unpaired) electrons. The second-order valence-corrected chi connectivity index (χ2v) is 6.14.